The second-order valence-corrected chi connectivity index (χ2v) is 9.78. The molecular weight excluding hydrogens is 458 g/mol. The molecule has 1 aliphatic heterocycles. The van der Waals surface area contributed by atoms with E-state index in [4.69, 9.17) is 9.97 Å². The van der Waals surface area contributed by atoms with E-state index in [2.05, 4.69) is 102 Å². The highest BCUT2D eigenvalue weighted by molar-refractivity contribution is 7.99. The molecule has 4 heteroatoms. The van der Waals surface area contributed by atoms with Gasteiger partial charge in [-0.3, -0.25) is 0 Å². The first-order chi connectivity index (χ1) is 17.8. The van der Waals surface area contributed by atoms with Crippen molar-refractivity contribution >= 4 is 39.7 Å². The van der Waals surface area contributed by atoms with E-state index in [9.17, 15) is 0 Å². The van der Waals surface area contributed by atoms with Gasteiger partial charge in [0.15, 0.2) is 5.82 Å². The molecule has 0 fully saturated rings. The minimum absolute atomic E-state index is 0.740. The van der Waals surface area contributed by atoms with Crippen molar-refractivity contribution in [3.05, 3.63) is 127 Å². The van der Waals surface area contributed by atoms with E-state index in [1.54, 1.807) is 0 Å². The Morgan fingerprint density at radius 1 is 0.500 bits per heavy atom. The molecule has 0 radical (unpaired) electrons. The number of rotatable bonds is 3. The minimum atomic E-state index is 0.740. The van der Waals surface area contributed by atoms with Crippen molar-refractivity contribution in [3.63, 3.8) is 0 Å². The average molecular weight is 480 g/mol. The predicted octanol–water partition coefficient (Wildman–Crippen LogP) is 8.90. The molecule has 0 atom stereocenters. The first-order valence-electron chi connectivity index (χ1n) is 11.9. The Balaban J connectivity index is 1.36. The maximum atomic E-state index is 5.03. The van der Waals surface area contributed by atoms with E-state index in [1.807, 2.05) is 42.1 Å². The van der Waals surface area contributed by atoms with E-state index in [-0.39, 0.29) is 0 Å². The van der Waals surface area contributed by atoms with Crippen molar-refractivity contribution in [1.29, 1.82) is 0 Å². The molecule has 1 aromatic heterocycles. The van der Waals surface area contributed by atoms with E-state index < -0.39 is 0 Å². The zero-order valence-corrected chi connectivity index (χ0v) is 20.2. The summed E-state index contributed by atoms with van der Waals surface area (Å²) in [7, 11) is 0. The highest BCUT2D eigenvalue weighted by Gasteiger charge is 2.24. The molecule has 7 rings (SSSR count). The highest BCUT2D eigenvalue weighted by Crippen LogP contribution is 2.51. The van der Waals surface area contributed by atoms with Gasteiger partial charge in [0.1, 0.15) is 0 Å². The van der Waals surface area contributed by atoms with Crippen LogP contribution in [0.1, 0.15) is 0 Å². The van der Waals surface area contributed by atoms with Crippen LogP contribution in [0.3, 0.4) is 0 Å². The second kappa shape index (κ2) is 8.67. The van der Waals surface area contributed by atoms with Gasteiger partial charge in [-0.1, -0.05) is 96.7 Å². The fraction of sp³-hybridized carbons (Fsp3) is 0. The molecule has 0 saturated heterocycles. The smallest absolute Gasteiger partial charge is 0.160 e. The molecule has 0 amide bonds. The van der Waals surface area contributed by atoms with Gasteiger partial charge < -0.3 is 4.90 Å². The number of aromatic nitrogens is 2. The summed E-state index contributed by atoms with van der Waals surface area (Å²) in [5.41, 5.74) is 7.51. The van der Waals surface area contributed by atoms with E-state index in [0.29, 0.717) is 0 Å². The second-order valence-electron chi connectivity index (χ2n) is 8.70. The molecule has 0 aliphatic carbocycles. The topological polar surface area (TPSA) is 29.0 Å². The molecule has 1 aliphatic rings. The van der Waals surface area contributed by atoms with E-state index in [1.165, 1.54) is 21.2 Å². The Kier molecular flexibility index (Phi) is 5.04. The molecule has 170 valence electrons. The maximum absolute atomic E-state index is 5.03. The van der Waals surface area contributed by atoms with Gasteiger partial charge in [0.2, 0.25) is 0 Å². The lowest BCUT2D eigenvalue weighted by Gasteiger charge is -2.32. The molecule has 5 aromatic carbocycles. The fourth-order valence-corrected chi connectivity index (χ4v) is 5.82. The largest absolute Gasteiger partial charge is 0.308 e. The fourth-order valence-electron chi connectivity index (χ4n) is 4.76. The number of fused-ring (bicyclic) bond motifs is 3. The van der Waals surface area contributed by atoms with Crippen LogP contribution in [0.25, 0.3) is 33.5 Å². The zero-order chi connectivity index (χ0) is 23.9. The van der Waals surface area contributed by atoms with Crippen molar-refractivity contribution in [2.75, 3.05) is 4.90 Å². The van der Waals surface area contributed by atoms with Crippen LogP contribution in [-0.2, 0) is 0 Å². The lowest BCUT2D eigenvalue weighted by molar-refractivity contribution is 1.16. The summed E-state index contributed by atoms with van der Waals surface area (Å²) in [5.74, 6) is 0.740. The van der Waals surface area contributed by atoms with Crippen LogP contribution in [0.5, 0.6) is 0 Å². The zero-order valence-electron chi connectivity index (χ0n) is 19.4. The van der Waals surface area contributed by atoms with Gasteiger partial charge in [-0.2, -0.15) is 0 Å². The molecule has 0 saturated carbocycles. The molecule has 2 heterocycles. The van der Waals surface area contributed by atoms with Gasteiger partial charge in [0, 0.05) is 32.0 Å². The lowest BCUT2D eigenvalue weighted by Crippen LogP contribution is -2.14. The first-order valence-corrected chi connectivity index (χ1v) is 12.8. The van der Waals surface area contributed by atoms with Crippen molar-refractivity contribution in [2.45, 2.75) is 9.79 Å². The van der Waals surface area contributed by atoms with Crippen molar-refractivity contribution in [1.82, 2.24) is 9.97 Å². The molecule has 0 spiro atoms. The summed E-state index contributed by atoms with van der Waals surface area (Å²) < 4.78 is 0. The Bertz CT molecular complexity index is 1670. The number of para-hydroxylation sites is 3. The van der Waals surface area contributed by atoms with Crippen molar-refractivity contribution < 1.29 is 0 Å². The van der Waals surface area contributed by atoms with Gasteiger partial charge in [0.05, 0.1) is 22.6 Å². The Hall–Kier alpha value is -4.41. The normalized spacial score (nSPS) is 12.3. The molecular formula is C32H21N3S. The number of hydrogen-bond donors (Lipinski definition) is 0. The van der Waals surface area contributed by atoms with Crippen LogP contribution in [0.4, 0.5) is 17.1 Å². The van der Waals surface area contributed by atoms with E-state index >= 15 is 0 Å². The number of nitrogens with zero attached hydrogens (tertiary/aromatic N) is 3. The third-order valence-corrected chi connectivity index (χ3v) is 7.60. The van der Waals surface area contributed by atoms with Crippen LogP contribution in [0, 0.1) is 0 Å². The van der Waals surface area contributed by atoms with Crippen molar-refractivity contribution in [2.24, 2.45) is 0 Å². The highest BCUT2D eigenvalue weighted by atomic mass is 32.2. The summed E-state index contributed by atoms with van der Waals surface area (Å²) in [6, 6.07) is 44.3. The molecule has 0 bridgehead atoms. The molecule has 6 aromatic rings. The van der Waals surface area contributed by atoms with E-state index in [0.717, 1.165) is 39.2 Å². The van der Waals surface area contributed by atoms with Crippen LogP contribution in [0.15, 0.2) is 137 Å². The summed E-state index contributed by atoms with van der Waals surface area (Å²) in [6.45, 7) is 0. The summed E-state index contributed by atoms with van der Waals surface area (Å²) in [5, 5.41) is 1.05. The average Bonchev–Trinajstić information content (AvgIpc) is 2.96. The Labute approximate surface area is 214 Å². The Morgan fingerprint density at radius 2 is 1.11 bits per heavy atom. The van der Waals surface area contributed by atoms with Gasteiger partial charge >= 0.3 is 0 Å². The standard InChI is InChI=1S/C32H21N3S/c1-2-10-23(11-3-1)32-33-26-13-5-4-12-25(26)31(34-32)22-18-20-24(21-19-22)35-27-14-6-8-16-29(27)36-30-17-9-7-15-28(30)35/h1-21H. The summed E-state index contributed by atoms with van der Waals surface area (Å²) >= 11 is 1.82. The van der Waals surface area contributed by atoms with Gasteiger partial charge in [-0.15, -0.1) is 0 Å². The predicted molar refractivity (Wildman–Crippen MR) is 149 cm³/mol. The lowest BCUT2D eigenvalue weighted by atomic mass is 10.0. The quantitative estimate of drug-likeness (QED) is 0.253. The van der Waals surface area contributed by atoms with Crippen LogP contribution in [0.2, 0.25) is 0 Å². The van der Waals surface area contributed by atoms with Gasteiger partial charge in [0.25, 0.3) is 0 Å². The van der Waals surface area contributed by atoms with Gasteiger partial charge in [-0.05, 0) is 42.5 Å². The minimum Gasteiger partial charge on any atom is -0.308 e. The third kappa shape index (κ3) is 3.55. The van der Waals surface area contributed by atoms with Crippen molar-refractivity contribution in [3.8, 4) is 22.6 Å². The number of hydrogen-bond acceptors (Lipinski definition) is 4. The number of benzene rings is 5. The first kappa shape index (κ1) is 20.9. The van der Waals surface area contributed by atoms with Crippen LogP contribution < -0.4 is 4.90 Å². The molecule has 3 nitrogen and oxygen atoms in total. The van der Waals surface area contributed by atoms with Gasteiger partial charge in [-0.25, -0.2) is 9.97 Å². The molecule has 0 unspecified atom stereocenters. The monoisotopic (exact) mass is 479 g/mol. The SMILES string of the molecule is c1ccc(-c2nc(-c3ccc(N4c5ccccc5Sc5ccccc54)cc3)c3ccccc3n2)cc1. The third-order valence-electron chi connectivity index (χ3n) is 6.47. The van der Waals surface area contributed by atoms with Crippen LogP contribution >= 0.6 is 11.8 Å². The Morgan fingerprint density at radius 3 is 1.83 bits per heavy atom. The molecule has 36 heavy (non-hydrogen) atoms. The summed E-state index contributed by atoms with van der Waals surface area (Å²) in [6.07, 6.45) is 0. The van der Waals surface area contributed by atoms with Crippen LogP contribution in [-0.4, -0.2) is 9.97 Å². The molecule has 0 N–H and O–H groups in total. The maximum Gasteiger partial charge on any atom is 0.160 e. The number of anilines is 3. The summed E-state index contributed by atoms with van der Waals surface area (Å²) in [4.78, 5) is 14.7.